The standard InChI is InChI=1S/C20H18N2O/c21-19(15-5-2-1-3-6-15)16-11-9-14(10-12-16)17-7-4-8-18(13-17)20(22)23/h1-13,19H,21H2,(H2,22,23). The molecule has 23 heavy (non-hydrogen) atoms. The SMILES string of the molecule is NC(=O)c1cccc(-c2ccc(C(N)c3ccccc3)cc2)c1. The molecule has 0 aliphatic heterocycles. The molecule has 3 aromatic carbocycles. The number of nitrogens with two attached hydrogens (primary N) is 2. The van der Waals surface area contributed by atoms with Crippen molar-refractivity contribution in [2.24, 2.45) is 11.5 Å². The Kier molecular flexibility index (Phi) is 4.22. The highest BCUT2D eigenvalue weighted by Crippen LogP contribution is 2.24. The van der Waals surface area contributed by atoms with Crippen LogP contribution in [0.1, 0.15) is 27.5 Å². The smallest absolute Gasteiger partial charge is 0.248 e. The summed E-state index contributed by atoms with van der Waals surface area (Å²) < 4.78 is 0. The summed E-state index contributed by atoms with van der Waals surface area (Å²) in [5.74, 6) is -0.422. The Morgan fingerprint density at radius 2 is 1.39 bits per heavy atom. The zero-order chi connectivity index (χ0) is 16.2. The Balaban J connectivity index is 1.88. The lowest BCUT2D eigenvalue weighted by molar-refractivity contribution is 0.100. The van der Waals surface area contributed by atoms with E-state index in [9.17, 15) is 4.79 Å². The maximum atomic E-state index is 11.3. The number of rotatable bonds is 4. The van der Waals surface area contributed by atoms with Crippen molar-refractivity contribution in [3.8, 4) is 11.1 Å². The van der Waals surface area contributed by atoms with Gasteiger partial charge in [-0.05, 0) is 34.4 Å². The molecule has 0 fully saturated rings. The van der Waals surface area contributed by atoms with Crippen LogP contribution in [0.5, 0.6) is 0 Å². The van der Waals surface area contributed by atoms with Crippen molar-refractivity contribution in [2.75, 3.05) is 0 Å². The molecule has 1 unspecified atom stereocenters. The molecule has 0 aliphatic carbocycles. The first-order valence-electron chi connectivity index (χ1n) is 7.46. The molecule has 0 aliphatic rings. The van der Waals surface area contributed by atoms with Gasteiger partial charge >= 0.3 is 0 Å². The fraction of sp³-hybridized carbons (Fsp3) is 0.0500. The fourth-order valence-electron chi connectivity index (χ4n) is 2.59. The number of primary amides is 1. The van der Waals surface area contributed by atoms with Crippen molar-refractivity contribution in [1.82, 2.24) is 0 Å². The zero-order valence-electron chi connectivity index (χ0n) is 12.6. The van der Waals surface area contributed by atoms with Crippen LogP contribution in [-0.2, 0) is 0 Å². The summed E-state index contributed by atoms with van der Waals surface area (Å²) in [6, 6.07) is 25.2. The van der Waals surface area contributed by atoms with E-state index in [0.717, 1.165) is 22.3 Å². The van der Waals surface area contributed by atoms with E-state index in [1.54, 1.807) is 12.1 Å². The van der Waals surface area contributed by atoms with Crippen LogP contribution >= 0.6 is 0 Å². The number of hydrogen-bond donors (Lipinski definition) is 2. The van der Waals surface area contributed by atoms with Gasteiger partial charge in [-0.3, -0.25) is 4.79 Å². The predicted octanol–water partition coefficient (Wildman–Crippen LogP) is 3.50. The third kappa shape index (κ3) is 3.30. The summed E-state index contributed by atoms with van der Waals surface area (Å²) in [4.78, 5) is 11.3. The van der Waals surface area contributed by atoms with E-state index in [2.05, 4.69) is 0 Å². The molecule has 3 aromatic rings. The average Bonchev–Trinajstić information content (AvgIpc) is 2.62. The van der Waals surface area contributed by atoms with E-state index < -0.39 is 5.91 Å². The van der Waals surface area contributed by atoms with Crippen LogP contribution < -0.4 is 11.5 Å². The first-order chi connectivity index (χ1) is 11.1. The van der Waals surface area contributed by atoms with Gasteiger partial charge in [0.1, 0.15) is 0 Å². The van der Waals surface area contributed by atoms with Gasteiger partial charge in [0.15, 0.2) is 0 Å². The lowest BCUT2D eigenvalue weighted by atomic mass is 9.96. The number of hydrogen-bond acceptors (Lipinski definition) is 2. The highest BCUT2D eigenvalue weighted by Gasteiger charge is 2.09. The lowest BCUT2D eigenvalue weighted by Crippen LogP contribution is -2.11. The molecule has 3 rings (SSSR count). The van der Waals surface area contributed by atoms with E-state index in [4.69, 9.17) is 11.5 Å². The molecule has 0 radical (unpaired) electrons. The summed E-state index contributed by atoms with van der Waals surface area (Å²) >= 11 is 0. The van der Waals surface area contributed by atoms with Crippen LogP contribution in [0.3, 0.4) is 0 Å². The topological polar surface area (TPSA) is 69.1 Å². The van der Waals surface area contributed by atoms with Gasteiger partial charge in [0.05, 0.1) is 6.04 Å². The van der Waals surface area contributed by atoms with Gasteiger partial charge in [-0.1, -0.05) is 66.7 Å². The monoisotopic (exact) mass is 302 g/mol. The summed E-state index contributed by atoms with van der Waals surface area (Å²) in [6.45, 7) is 0. The van der Waals surface area contributed by atoms with Crippen molar-refractivity contribution in [3.63, 3.8) is 0 Å². The molecule has 1 atom stereocenters. The Bertz CT molecular complexity index is 811. The maximum absolute atomic E-state index is 11.3. The molecule has 0 spiro atoms. The molecule has 1 amide bonds. The molecule has 3 nitrogen and oxygen atoms in total. The molecule has 0 saturated heterocycles. The first-order valence-corrected chi connectivity index (χ1v) is 7.46. The first kappa shape index (κ1) is 15.0. The molecule has 0 saturated carbocycles. The maximum Gasteiger partial charge on any atom is 0.248 e. The summed E-state index contributed by atoms with van der Waals surface area (Å²) in [5, 5.41) is 0. The Hall–Kier alpha value is -2.91. The summed E-state index contributed by atoms with van der Waals surface area (Å²) in [7, 11) is 0. The second-order valence-corrected chi connectivity index (χ2v) is 5.46. The third-order valence-corrected chi connectivity index (χ3v) is 3.91. The molecule has 0 bridgehead atoms. The second kappa shape index (κ2) is 6.46. The lowest BCUT2D eigenvalue weighted by Gasteiger charge is -2.13. The third-order valence-electron chi connectivity index (χ3n) is 3.91. The van der Waals surface area contributed by atoms with E-state index in [1.807, 2.05) is 66.7 Å². The van der Waals surface area contributed by atoms with E-state index in [1.165, 1.54) is 0 Å². The van der Waals surface area contributed by atoms with Crippen molar-refractivity contribution in [2.45, 2.75) is 6.04 Å². The molecular formula is C20H18N2O. The van der Waals surface area contributed by atoms with Crippen LogP contribution in [-0.4, -0.2) is 5.91 Å². The number of benzene rings is 3. The van der Waals surface area contributed by atoms with Gasteiger partial charge in [0, 0.05) is 5.56 Å². The van der Waals surface area contributed by atoms with Crippen molar-refractivity contribution >= 4 is 5.91 Å². The van der Waals surface area contributed by atoms with Gasteiger partial charge < -0.3 is 11.5 Å². The minimum atomic E-state index is -0.422. The molecule has 0 aromatic heterocycles. The van der Waals surface area contributed by atoms with Crippen LogP contribution in [0.15, 0.2) is 78.9 Å². The van der Waals surface area contributed by atoms with Crippen molar-refractivity contribution in [3.05, 3.63) is 95.6 Å². The van der Waals surface area contributed by atoms with Gasteiger partial charge in [-0.25, -0.2) is 0 Å². The molecule has 114 valence electrons. The van der Waals surface area contributed by atoms with Crippen LogP contribution in [0.25, 0.3) is 11.1 Å². The van der Waals surface area contributed by atoms with E-state index in [0.29, 0.717) is 5.56 Å². The Morgan fingerprint density at radius 1 is 0.739 bits per heavy atom. The van der Waals surface area contributed by atoms with Crippen LogP contribution in [0, 0.1) is 0 Å². The van der Waals surface area contributed by atoms with E-state index in [-0.39, 0.29) is 6.04 Å². The minimum Gasteiger partial charge on any atom is -0.366 e. The highest BCUT2D eigenvalue weighted by molar-refractivity contribution is 5.94. The van der Waals surface area contributed by atoms with Gasteiger partial charge in [-0.15, -0.1) is 0 Å². The number of amides is 1. The molecule has 4 N–H and O–H groups in total. The number of carbonyl (C=O) groups excluding carboxylic acids is 1. The van der Waals surface area contributed by atoms with Crippen molar-refractivity contribution in [1.29, 1.82) is 0 Å². The van der Waals surface area contributed by atoms with Gasteiger partial charge in [0.25, 0.3) is 0 Å². The summed E-state index contributed by atoms with van der Waals surface area (Å²) in [5.41, 5.74) is 16.3. The Morgan fingerprint density at radius 3 is 2.04 bits per heavy atom. The van der Waals surface area contributed by atoms with Gasteiger partial charge in [-0.2, -0.15) is 0 Å². The molecule has 3 heteroatoms. The van der Waals surface area contributed by atoms with Crippen molar-refractivity contribution < 1.29 is 4.79 Å². The predicted molar refractivity (Wildman–Crippen MR) is 92.9 cm³/mol. The Labute approximate surface area is 135 Å². The number of carbonyl (C=O) groups is 1. The molecule has 0 heterocycles. The molecular weight excluding hydrogens is 284 g/mol. The quantitative estimate of drug-likeness (QED) is 0.774. The largest absolute Gasteiger partial charge is 0.366 e. The van der Waals surface area contributed by atoms with Crippen LogP contribution in [0.2, 0.25) is 0 Å². The van der Waals surface area contributed by atoms with Gasteiger partial charge in [0.2, 0.25) is 5.91 Å². The minimum absolute atomic E-state index is 0.151. The average molecular weight is 302 g/mol. The zero-order valence-corrected chi connectivity index (χ0v) is 12.6. The normalized spacial score (nSPS) is 11.9. The fourth-order valence-corrected chi connectivity index (χ4v) is 2.59. The van der Waals surface area contributed by atoms with E-state index >= 15 is 0 Å². The van der Waals surface area contributed by atoms with Crippen LogP contribution in [0.4, 0.5) is 0 Å². The second-order valence-electron chi connectivity index (χ2n) is 5.46. The highest BCUT2D eigenvalue weighted by atomic mass is 16.1. The summed E-state index contributed by atoms with van der Waals surface area (Å²) in [6.07, 6.45) is 0.